The third kappa shape index (κ3) is 3.95. The quantitative estimate of drug-likeness (QED) is 0.773. The van der Waals surface area contributed by atoms with Crippen LogP contribution in [0.1, 0.15) is 12.8 Å². The fraction of sp³-hybridized carbons (Fsp3) is 0.429. The number of aliphatic carboxylic acids is 1. The topological polar surface area (TPSA) is 73.7 Å². The van der Waals surface area contributed by atoms with Crippen LogP contribution in [0.3, 0.4) is 0 Å². The number of amides is 1. The minimum Gasteiger partial charge on any atom is -0.550 e. The van der Waals surface area contributed by atoms with Crippen molar-refractivity contribution in [3.63, 3.8) is 0 Å². The van der Waals surface area contributed by atoms with Crippen molar-refractivity contribution < 1.29 is 19.6 Å². The number of para-hydroxylation sites is 1. The zero-order valence-electron chi connectivity index (χ0n) is 11.0. The van der Waals surface area contributed by atoms with Gasteiger partial charge >= 0.3 is 0 Å². The van der Waals surface area contributed by atoms with Crippen molar-refractivity contribution >= 4 is 29.2 Å². The molecule has 20 heavy (non-hydrogen) atoms. The highest BCUT2D eigenvalue weighted by atomic mass is 35.5. The molecule has 1 saturated heterocycles. The molecule has 0 saturated carbocycles. The first kappa shape index (κ1) is 14.8. The second-order valence-electron chi connectivity index (χ2n) is 5.05. The summed E-state index contributed by atoms with van der Waals surface area (Å²) in [6, 6.07) is 7.07. The molecule has 1 aromatic carbocycles. The maximum atomic E-state index is 11.9. The lowest BCUT2D eigenvalue weighted by atomic mass is 9.97. The van der Waals surface area contributed by atoms with Gasteiger partial charge in [-0.1, -0.05) is 23.7 Å². The number of quaternary nitrogens is 1. The van der Waals surface area contributed by atoms with Gasteiger partial charge in [-0.05, 0) is 12.1 Å². The highest BCUT2D eigenvalue weighted by molar-refractivity contribution is 6.33. The molecule has 1 heterocycles. The number of benzene rings is 1. The second kappa shape index (κ2) is 6.72. The van der Waals surface area contributed by atoms with Crippen LogP contribution < -0.4 is 15.3 Å². The van der Waals surface area contributed by atoms with E-state index in [2.05, 4.69) is 5.32 Å². The minimum atomic E-state index is -0.982. The Morgan fingerprint density at radius 3 is 2.55 bits per heavy atom. The van der Waals surface area contributed by atoms with Gasteiger partial charge in [0.25, 0.3) is 5.91 Å². The minimum absolute atomic E-state index is 0.111. The third-order valence-corrected chi connectivity index (χ3v) is 3.91. The fourth-order valence-corrected chi connectivity index (χ4v) is 2.61. The molecule has 2 N–H and O–H groups in total. The van der Waals surface area contributed by atoms with Crippen molar-refractivity contribution in [1.82, 2.24) is 0 Å². The third-order valence-electron chi connectivity index (χ3n) is 3.58. The number of hydrogen-bond donors (Lipinski definition) is 2. The molecule has 1 aromatic rings. The number of nitrogens with one attached hydrogen (secondary N) is 2. The van der Waals surface area contributed by atoms with Crippen molar-refractivity contribution in [3.8, 4) is 0 Å². The van der Waals surface area contributed by atoms with Crippen molar-refractivity contribution in [3.05, 3.63) is 29.3 Å². The number of carboxylic acids is 1. The van der Waals surface area contributed by atoms with Crippen molar-refractivity contribution in [1.29, 1.82) is 0 Å². The van der Waals surface area contributed by atoms with E-state index in [1.165, 1.54) is 0 Å². The number of hydrogen-bond acceptors (Lipinski definition) is 3. The van der Waals surface area contributed by atoms with E-state index in [9.17, 15) is 14.7 Å². The largest absolute Gasteiger partial charge is 0.550 e. The summed E-state index contributed by atoms with van der Waals surface area (Å²) in [5.74, 6) is -1.46. The van der Waals surface area contributed by atoms with Crippen LogP contribution in [0.5, 0.6) is 0 Å². The van der Waals surface area contributed by atoms with Crippen LogP contribution >= 0.6 is 11.6 Å². The van der Waals surface area contributed by atoms with Gasteiger partial charge in [0.15, 0.2) is 6.54 Å². The molecular formula is C14H17ClN2O3. The molecule has 0 aliphatic carbocycles. The van der Waals surface area contributed by atoms with E-state index in [0.29, 0.717) is 43.2 Å². The van der Waals surface area contributed by atoms with E-state index in [0.717, 1.165) is 4.90 Å². The molecule has 0 aromatic heterocycles. The van der Waals surface area contributed by atoms with Crippen LogP contribution in [0.15, 0.2) is 24.3 Å². The first-order chi connectivity index (χ1) is 9.56. The average molecular weight is 297 g/mol. The van der Waals surface area contributed by atoms with Gasteiger partial charge in [-0.25, -0.2) is 0 Å². The van der Waals surface area contributed by atoms with E-state index in [-0.39, 0.29) is 11.8 Å². The average Bonchev–Trinajstić information content (AvgIpc) is 2.42. The summed E-state index contributed by atoms with van der Waals surface area (Å²) in [5.41, 5.74) is 0.600. The molecule has 1 amide bonds. The zero-order chi connectivity index (χ0) is 14.5. The number of halogens is 1. The molecule has 1 fully saturated rings. The Kier molecular flexibility index (Phi) is 4.98. The van der Waals surface area contributed by atoms with Gasteiger partial charge < -0.3 is 20.1 Å². The van der Waals surface area contributed by atoms with Crippen LogP contribution in [0.4, 0.5) is 5.69 Å². The molecule has 1 aliphatic rings. The van der Waals surface area contributed by atoms with Gasteiger partial charge in [0.05, 0.1) is 23.8 Å². The van der Waals surface area contributed by atoms with Crippen molar-refractivity contribution in [2.75, 3.05) is 25.0 Å². The normalized spacial score (nSPS) is 22.2. The Hall–Kier alpha value is -1.59. The van der Waals surface area contributed by atoms with E-state index < -0.39 is 5.97 Å². The Bertz CT molecular complexity index is 499. The Labute approximate surface area is 122 Å². The smallest absolute Gasteiger partial charge is 0.279 e. The van der Waals surface area contributed by atoms with Gasteiger partial charge in [-0.15, -0.1) is 0 Å². The summed E-state index contributed by atoms with van der Waals surface area (Å²) >= 11 is 5.97. The molecule has 0 bridgehead atoms. The SMILES string of the molecule is O=C(C[NH+]1CCC(C(=O)[O-])CC1)Nc1ccccc1Cl. The van der Waals surface area contributed by atoms with Crippen LogP contribution in [-0.2, 0) is 9.59 Å². The van der Waals surface area contributed by atoms with Crippen molar-refractivity contribution in [2.24, 2.45) is 5.92 Å². The number of carbonyl (C=O) groups is 2. The number of likely N-dealkylation sites (tertiary alicyclic amines) is 1. The first-order valence-corrected chi connectivity index (χ1v) is 7.03. The van der Waals surface area contributed by atoms with Gasteiger partial charge in [-0.2, -0.15) is 0 Å². The molecule has 2 rings (SSSR count). The van der Waals surface area contributed by atoms with Crippen LogP contribution in [-0.4, -0.2) is 31.5 Å². The Balaban J connectivity index is 1.81. The number of rotatable bonds is 4. The molecule has 0 atom stereocenters. The summed E-state index contributed by atoms with van der Waals surface area (Å²) in [7, 11) is 0. The fourth-order valence-electron chi connectivity index (χ4n) is 2.42. The predicted octanol–water partition coefficient (Wildman–Crippen LogP) is -0.677. The van der Waals surface area contributed by atoms with Crippen LogP contribution in [0.2, 0.25) is 5.02 Å². The molecule has 5 nitrogen and oxygen atoms in total. The predicted molar refractivity (Wildman–Crippen MR) is 73.4 cm³/mol. The molecule has 0 spiro atoms. The Morgan fingerprint density at radius 2 is 1.95 bits per heavy atom. The summed E-state index contributed by atoms with van der Waals surface area (Å²) in [6.45, 7) is 1.67. The molecular weight excluding hydrogens is 280 g/mol. The number of piperidine rings is 1. The van der Waals surface area contributed by atoms with E-state index in [1.54, 1.807) is 24.3 Å². The van der Waals surface area contributed by atoms with E-state index >= 15 is 0 Å². The maximum absolute atomic E-state index is 11.9. The lowest BCUT2D eigenvalue weighted by Gasteiger charge is -2.29. The van der Waals surface area contributed by atoms with Gasteiger partial charge in [0.2, 0.25) is 0 Å². The maximum Gasteiger partial charge on any atom is 0.279 e. The lowest BCUT2D eigenvalue weighted by Crippen LogP contribution is -3.14. The number of carboxylic acid groups (broad SMARTS) is 1. The summed E-state index contributed by atoms with van der Waals surface area (Å²) in [6.07, 6.45) is 1.13. The Morgan fingerprint density at radius 1 is 1.30 bits per heavy atom. The second-order valence-corrected chi connectivity index (χ2v) is 5.46. The standard InChI is InChI=1S/C14H17ClN2O3/c15-11-3-1-2-4-12(11)16-13(18)9-17-7-5-10(6-8-17)14(19)20/h1-4,10H,5-9H2,(H,16,18)(H,19,20). The van der Waals surface area contributed by atoms with Crippen LogP contribution in [0, 0.1) is 5.92 Å². The number of anilines is 1. The first-order valence-electron chi connectivity index (χ1n) is 6.65. The van der Waals surface area contributed by atoms with Crippen LogP contribution in [0.25, 0.3) is 0 Å². The molecule has 0 unspecified atom stereocenters. The molecule has 0 radical (unpaired) electrons. The van der Waals surface area contributed by atoms with Gasteiger partial charge in [-0.3, -0.25) is 4.79 Å². The summed E-state index contributed by atoms with van der Waals surface area (Å²) in [4.78, 5) is 23.8. The lowest BCUT2D eigenvalue weighted by molar-refractivity contribution is -0.897. The highest BCUT2D eigenvalue weighted by Gasteiger charge is 2.24. The highest BCUT2D eigenvalue weighted by Crippen LogP contribution is 2.19. The van der Waals surface area contributed by atoms with E-state index in [4.69, 9.17) is 11.6 Å². The molecule has 1 aliphatic heterocycles. The molecule has 6 heteroatoms. The van der Waals surface area contributed by atoms with Crippen molar-refractivity contribution in [2.45, 2.75) is 12.8 Å². The zero-order valence-corrected chi connectivity index (χ0v) is 11.8. The summed E-state index contributed by atoms with van der Waals surface area (Å²) in [5, 5.41) is 14.0. The number of carbonyl (C=O) groups excluding carboxylic acids is 2. The monoisotopic (exact) mass is 296 g/mol. The van der Waals surface area contributed by atoms with Gasteiger partial charge in [0, 0.05) is 24.7 Å². The van der Waals surface area contributed by atoms with Gasteiger partial charge in [0.1, 0.15) is 0 Å². The van der Waals surface area contributed by atoms with E-state index in [1.807, 2.05) is 0 Å². The summed E-state index contributed by atoms with van der Waals surface area (Å²) < 4.78 is 0. The molecule has 108 valence electrons.